The third-order valence-corrected chi connectivity index (χ3v) is 3.93. The summed E-state index contributed by atoms with van der Waals surface area (Å²) < 4.78 is 0. The number of carbonyl (C=O) groups is 8. The van der Waals surface area contributed by atoms with Gasteiger partial charge >= 0.3 is 12.2 Å². The molecule has 0 bridgehead atoms. The molecule has 0 fully saturated rings. The fraction of sp³-hybridized carbons (Fsp3) is 0.250. The summed E-state index contributed by atoms with van der Waals surface area (Å²) in [5, 5.41) is 17.7. The molecule has 0 aromatic rings. The van der Waals surface area contributed by atoms with E-state index in [4.69, 9.17) is 0 Å². The van der Waals surface area contributed by atoms with Crippen LogP contribution >= 0.6 is 0 Å². The van der Waals surface area contributed by atoms with Crippen molar-refractivity contribution in [2.75, 3.05) is 13.1 Å². The van der Waals surface area contributed by atoms with Gasteiger partial charge in [0.1, 0.15) is 0 Å². The molecule has 0 atom stereocenters. The van der Waals surface area contributed by atoms with Crippen molar-refractivity contribution in [3.05, 3.63) is 24.3 Å². The highest BCUT2D eigenvalue weighted by Crippen LogP contribution is 2.11. The second-order valence-electron chi connectivity index (χ2n) is 5.80. The van der Waals surface area contributed by atoms with E-state index < -0.39 is 73.6 Å². The predicted octanol–water partition coefficient (Wildman–Crippen LogP) is -1.46. The van der Waals surface area contributed by atoms with Crippen molar-refractivity contribution >= 4 is 47.6 Å². The van der Waals surface area contributed by atoms with E-state index in [0.717, 1.165) is 24.3 Å². The number of carboxylic acid groups (broad SMARTS) is 2. The molecule has 0 unspecified atom stereocenters. The highest BCUT2D eigenvalue weighted by molar-refractivity contribution is 6.13. The molecule has 8 amide bonds. The van der Waals surface area contributed by atoms with Crippen LogP contribution in [-0.2, 0) is 28.8 Å². The number of amides is 8. The molecule has 2 aliphatic heterocycles. The van der Waals surface area contributed by atoms with E-state index in [1.807, 2.05) is 0 Å². The summed E-state index contributed by atoms with van der Waals surface area (Å²) in [7, 11) is 0. The summed E-state index contributed by atoms with van der Waals surface area (Å²) >= 11 is 0. The molecule has 2 rings (SSSR count). The average Bonchev–Trinajstić information content (AvgIpc) is 3.16. The van der Waals surface area contributed by atoms with Gasteiger partial charge in [-0.3, -0.25) is 38.6 Å². The minimum absolute atomic E-state index is 0.380. The Kier molecular flexibility index (Phi) is 6.41. The van der Waals surface area contributed by atoms with Crippen molar-refractivity contribution in [2.45, 2.75) is 12.8 Å². The second-order valence-corrected chi connectivity index (χ2v) is 5.80. The van der Waals surface area contributed by atoms with E-state index in [9.17, 15) is 48.6 Å². The predicted molar refractivity (Wildman–Crippen MR) is 90.7 cm³/mol. The van der Waals surface area contributed by atoms with Gasteiger partial charge in [-0.05, 0) is 0 Å². The number of hydrazine groups is 1. The molecule has 14 heteroatoms. The molecule has 30 heavy (non-hydrogen) atoms. The number of hydrogen-bond donors (Lipinski definition) is 2. The van der Waals surface area contributed by atoms with Gasteiger partial charge < -0.3 is 10.2 Å². The molecule has 14 nitrogen and oxygen atoms in total. The molecule has 2 heterocycles. The van der Waals surface area contributed by atoms with Gasteiger partial charge in [-0.1, -0.05) is 0 Å². The molecule has 0 radical (unpaired) electrons. The Bertz CT molecular complexity index is 811. The average molecular weight is 422 g/mol. The fourth-order valence-electron chi connectivity index (χ4n) is 2.54. The lowest BCUT2D eigenvalue weighted by Crippen LogP contribution is -2.55. The van der Waals surface area contributed by atoms with Crippen LogP contribution in [0.1, 0.15) is 12.8 Å². The Hall–Kier alpha value is -4.36. The maximum atomic E-state index is 12.3. The van der Waals surface area contributed by atoms with Gasteiger partial charge in [0.05, 0.1) is 0 Å². The standard InChI is InChI=1S/C16H14N4O10/c21-9-1-2-10(22)17(9)7-5-13(25)19(15(27)28)20(16(29)30)14(26)6-8-18-11(23)3-4-12(18)24/h1-4H,5-8H2,(H,27,28)(H,29,30). The lowest BCUT2D eigenvalue weighted by Gasteiger charge is -2.27. The smallest absolute Gasteiger partial charge is 0.434 e. The van der Waals surface area contributed by atoms with Gasteiger partial charge in [0.2, 0.25) is 0 Å². The van der Waals surface area contributed by atoms with E-state index in [0.29, 0.717) is 9.80 Å². The zero-order valence-corrected chi connectivity index (χ0v) is 15.1. The number of carbonyl (C=O) groups excluding carboxylic acids is 6. The molecule has 0 saturated heterocycles. The summed E-state index contributed by atoms with van der Waals surface area (Å²) in [6, 6.07) is 0. The van der Waals surface area contributed by atoms with Crippen LogP contribution in [0.5, 0.6) is 0 Å². The Morgan fingerprint density at radius 1 is 0.633 bits per heavy atom. The first-order valence-electron chi connectivity index (χ1n) is 8.23. The fourth-order valence-corrected chi connectivity index (χ4v) is 2.54. The van der Waals surface area contributed by atoms with E-state index in [2.05, 4.69) is 0 Å². The van der Waals surface area contributed by atoms with Crippen LogP contribution in [0.25, 0.3) is 0 Å². The zero-order chi connectivity index (χ0) is 22.6. The molecule has 0 spiro atoms. The van der Waals surface area contributed by atoms with Gasteiger partial charge in [-0.25, -0.2) is 9.59 Å². The van der Waals surface area contributed by atoms with E-state index >= 15 is 0 Å². The Labute approximate surface area is 167 Å². The zero-order valence-electron chi connectivity index (χ0n) is 15.1. The lowest BCUT2D eigenvalue weighted by atomic mass is 10.3. The monoisotopic (exact) mass is 422 g/mol. The summed E-state index contributed by atoms with van der Waals surface area (Å²) in [4.78, 5) is 94.5. The summed E-state index contributed by atoms with van der Waals surface area (Å²) in [5.74, 6) is -5.77. The number of rotatable bonds is 6. The maximum absolute atomic E-state index is 12.3. The maximum Gasteiger partial charge on any atom is 0.434 e. The molecule has 0 aromatic heterocycles. The van der Waals surface area contributed by atoms with E-state index in [-0.39, 0.29) is 10.0 Å². The highest BCUT2D eigenvalue weighted by Gasteiger charge is 2.38. The van der Waals surface area contributed by atoms with Crippen molar-refractivity contribution in [3.8, 4) is 0 Å². The minimum atomic E-state index is -2.11. The Morgan fingerprint density at radius 2 is 0.900 bits per heavy atom. The third kappa shape index (κ3) is 4.54. The van der Waals surface area contributed by atoms with E-state index in [1.165, 1.54) is 0 Å². The van der Waals surface area contributed by atoms with Crippen molar-refractivity contribution in [1.82, 2.24) is 19.8 Å². The van der Waals surface area contributed by atoms with Crippen molar-refractivity contribution in [1.29, 1.82) is 0 Å². The third-order valence-electron chi connectivity index (χ3n) is 3.93. The van der Waals surface area contributed by atoms with Gasteiger partial charge in [0.25, 0.3) is 35.4 Å². The Morgan fingerprint density at radius 3 is 1.13 bits per heavy atom. The second kappa shape index (κ2) is 8.76. The normalized spacial score (nSPS) is 15.2. The number of hydrogen-bond acceptors (Lipinski definition) is 8. The van der Waals surface area contributed by atoms with E-state index in [1.54, 1.807) is 0 Å². The first-order chi connectivity index (χ1) is 14.0. The number of imide groups is 4. The molecular formula is C16H14N4O10. The van der Waals surface area contributed by atoms with Gasteiger partial charge in [-0.15, -0.1) is 10.0 Å². The molecule has 2 N–H and O–H groups in total. The SMILES string of the molecule is O=C1C=CC(=O)N1CCC(=O)N(C(=O)O)N(C(=O)O)C(=O)CCN1C(=O)C=CC1=O. The summed E-state index contributed by atoms with van der Waals surface area (Å²) in [6.45, 7) is -1.09. The highest BCUT2D eigenvalue weighted by atomic mass is 16.4. The van der Waals surface area contributed by atoms with Crippen LogP contribution in [0, 0.1) is 0 Å². The molecular weight excluding hydrogens is 408 g/mol. The summed E-state index contributed by atoms with van der Waals surface area (Å²) in [6.07, 6.45) is -2.04. The molecule has 0 aromatic carbocycles. The minimum Gasteiger partial charge on any atom is -0.463 e. The molecule has 2 aliphatic rings. The van der Waals surface area contributed by atoms with Gasteiger partial charge in [-0.2, -0.15) is 0 Å². The lowest BCUT2D eigenvalue weighted by molar-refractivity contribution is -0.156. The van der Waals surface area contributed by atoms with Crippen molar-refractivity contribution in [3.63, 3.8) is 0 Å². The van der Waals surface area contributed by atoms with Crippen LogP contribution in [0.3, 0.4) is 0 Å². The van der Waals surface area contributed by atoms with Crippen LogP contribution in [0.2, 0.25) is 0 Å². The Balaban J connectivity index is 2.08. The topological polar surface area (TPSA) is 190 Å². The largest absolute Gasteiger partial charge is 0.463 e. The molecule has 158 valence electrons. The molecule has 0 saturated carbocycles. The summed E-state index contributed by atoms with van der Waals surface area (Å²) in [5.41, 5.74) is 0. The molecule has 0 aliphatic carbocycles. The number of nitrogens with zero attached hydrogens (tertiary/aromatic N) is 4. The van der Waals surface area contributed by atoms with Crippen molar-refractivity contribution in [2.24, 2.45) is 0 Å². The quantitative estimate of drug-likeness (QED) is 0.378. The van der Waals surface area contributed by atoms with Crippen LogP contribution in [0.4, 0.5) is 9.59 Å². The first kappa shape index (κ1) is 21.9. The van der Waals surface area contributed by atoms with Gasteiger partial charge in [0, 0.05) is 50.2 Å². The van der Waals surface area contributed by atoms with Crippen LogP contribution in [-0.4, -0.2) is 90.7 Å². The van der Waals surface area contributed by atoms with Crippen molar-refractivity contribution < 1.29 is 48.6 Å². The first-order valence-corrected chi connectivity index (χ1v) is 8.23. The van der Waals surface area contributed by atoms with Crippen LogP contribution < -0.4 is 0 Å². The van der Waals surface area contributed by atoms with Gasteiger partial charge in [0.15, 0.2) is 0 Å². The van der Waals surface area contributed by atoms with Crippen LogP contribution in [0.15, 0.2) is 24.3 Å².